The third kappa shape index (κ3) is 38.5. The molecule has 118 heavy (non-hydrogen) atoms. The summed E-state index contributed by atoms with van der Waals surface area (Å²) >= 11 is 5.26. The second-order valence-corrected chi connectivity index (χ2v) is 24.6. The van der Waals surface area contributed by atoms with E-state index in [1.165, 1.54) is 167 Å². The Labute approximate surface area is 696 Å². The van der Waals surface area contributed by atoms with Crippen molar-refractivity contribution in [2.24, 2.45) is 0 Å². The van der Waals surface area contributed by atoms with Crippen LogP contribution in [0.15, 0.2) is 238 Å². The molecule has 9 aromatic rings. The van der Waals surface area contributed by atoms with Crippen molar-refractivity contribution in [3.8, 4) is 0 Å². The van der Waals surface area contributed by atoms with Crippen LogP contribution >= 0.6 is 11.6 Å². The number of carboxylic acid groups (broad SMARTS) is 1. The van der Waals surface area contributed by atoms with Crippen LogP contribution in [0.2, 0.25) is 0 Å². The number of aromatic carboxylic acids is 1. The standard InChI is InChI=1S/C38H41N5O9.C16H15N3O5.C11H14ClNO2.C10H12N2O4.C6H5NO2.2ClH/c1-27(22-29-10-6-4-7-11-29)39-37(47)51-25-42-18-14-31(15-19-42)34(44)41-33(36(46)49-3)24-50-35(45)32-16-20-43(21-17-32)26-52-38(48)40-28(2)23-30-12-8-5-9-13-30;1-23-16(22)13(19-14(20)11-2-6-17-7-3-11)10-24-15(21)12-4-8-18-9-5-12;1-9(13-11(14)15-8-12)7-10-5-3-2-4-6-10;1-16-10(15)8(6-13)12-9(14)7-2-4-11-5-3-7;8-6(9)5-1-3-7-4-2-5;;/h4-21,27-28,33H,22-26H2,1-3H3,(H-2,39,40,41,44,47,48);2-9,13H,10H2,1H3,(H,19,20);2-6,9H,7-8H2,1H3,(H,13,14);2-5,8,13H,6H2,1H3,(H,12,14);1-4H,(H,8,9);2*1H/t27-,28-,33-;13-;9-;8-;;;/m0000.../s1. The second-order valence-electron chi connectivity index (χ2n) is 24.3. The number of aliphatic hydroxyl groups excluding tert-OH is 1. The number of alkyl carbamates (subject to hydrolysis) is 3. The molecule has 626 valence electrons. The zero-order valence-electron chi connectivity index (χ0n) is 64.7. The molecule has 3 aromatic carbocycles. The number of benzene rings is 3. The van der Waals surface area contributed by atoms with Gasteiger partial charge in [0.15, 0.2) is 49.0 Å². The predicted octanol–water partition coefficient (Wildman–Crippen LogP) is 0.298. The maximum absolute atomic E-state index is 12.9. The summed E-state index contributed by atoms with van der Waals surface area (Å²) in [6.07, 6.45) is 18.2. The van der Waals surface area contributed by atoms with E-state index in [0.29, 0.717) is 24.0 Å². The molecule has 6 heterocycles. The van der Waals surface area contributed by atoms with Gasteiger partial charge in [0.05, 0.1) is 50.2 Å². The zero-order valence-corrected chi connectivity index (χ0v) is 67.0. The first-order valence-electron chi connectivity index (χ1n) is 35.3. The van der Waals surface area contributed by atoms with Gasteiger partial charge in [0, 0.05) is 103 Å². The van der Waals surface area contributed by atoms with Gasteiger partial charge in [-0.15, -0.1) is 0 Å². The molecule has 0 saturated heterocycles. The van der Waals surface area contributed by atoms with Crippen molar-refractivity contribution in [3.05, 3.63) is 288 Å². The minimum atomic E-state index is -1.29. The maximum Gasteiger partial charge on any atom is 0.412 e. The number of aromatic nitrogens is 6. The van der Waals surface area contributed by atoms with Crippen LogP contribution in [0.4, 0.5) is 14.4 Å². The van der Waals surface area contributed by atoms with Crippen molar-refractivity contribution in [2.75, 3.05) is 47.2 Å². The van der Waals surface area contributed by atoms with Gasteiger partial charge >= 0.3 is 54.1 Å². The molecule has 0 unspecified atom stereocenters. The molecule has 6 amide bonds. The van der Waals surface area contributed by atoms with E-state index in [0.717, 1.165) is 24.7 Å². The van der Waals surface area contributed by atoms with Crippen LogP contribution in [0, 0.1) is 0 Å². The quantitative estimate of drug-likeness (QED) is 0.0125. The van der Waals surface area contributed by atoms with Crippen LogP contribution in [-0.4, -0.2) is 185 Å². The number of rotatable bonds is 31. The van der Waals surface area contributed by atoms with Gasteiger partial charge in [0.2, 0.25) is 0 Å². The van der Waals surface area contributed by atoms with E-state index in [1.807, 2.05) is 112 Å². The number of methoxy groups -OCH3 is 3. The summed E-state index contributed by atoms with van der Waals surface area (Å²) < 4.78 is 42.4. The molecule has 34 nitrogen and oxygen atoms in total. The number of hydrogen-bond acceptors (Lipinski definition) is 25. The average molecular weight is 1690 g/mol. The fourth-order valence-corrected chi connectivity index (χ4v) is 9.72. The van der Waals surface area contributed by atoms with Crippen LogP contribution in [0.1, 0.15) is 99.6 Å². The molecule has 6 atom stereocenters. The molecule has 0 saturated carbocycles. The van der Waals surface area contributed by atoms with E-state index in [2.05, 4.69) is 66.0 Å². The number of nitrogens with one attached hydrogen (secondary N) is 6. The van der Waals surface area contributed by atoms with Gasteiger partial charge in [-0.2, -0.15) is 9.13 Å². The number of ether oxygens (including phenoxy) is 8. The number of carbonyl (C=O) groups excluding carboxylic acids is 11. The molecule has 0 aliphatic heterocycles. The first kappa shape index (κ1) is 98.6. The largest absolute Gasteiger partial charge is 1.00 e. The fraction of sp³-hybridized carbons (Fsp3) is 0.259. The number of esters is 5. The Kier molecular flexibility index (Phi) is 46.7. The summed E-state index contributed by atoms with van der Waals surface area (Å²) in [5, 5.41) is 32.8. The van der Waals surface area contributed by atoms with Crippen molar-refractivity contribution >= 4 is 83.4 Å². The third-order valence-corrected chi connectivity index (χ3v) is 15.6. The van der Waals surface area contributed by atoms with E-state index in [1.54, 1.807) is 9.13 Å². The molecule has 9 rings (SSSR count). The molecule has 0 aliphatic carbocycles. The number of amides is 6. The SMILES string of the molecule is COC(=O)[C@H](CO)NC(=O)c1ccncc1.COC(=O)[C@H](COC(=O)c1cc[n+](COC(=O)N[C@@H](C)Cc2ccccc2)cc1)NC(=O)c1cc[n+](COC(=O)N[C@@H](C)Cc2ccccc2)cc1.COC(=O)[C@H](COC(=O)c1ccncc1)NC(=O)c1ccncc1.C[C@@H](Cc1ccccc1)NC(=O)OCCl.O=C(O)c1ccncc1.[Cl-].[Cl-]. The van der Waals surface area contributed by atoms with Gasteiger partial charge in [0.25, 0.3) is 31.2 Å². The van der Waals surface area contributed by atoms with Gasteiger partial charge in [-0.1, -0.05) is 103 Å². The fourth-order valence-electron chi connectivity index (χ4n) is 9.62. The number of carboxylic acids is 1. The molecular weight excluding hydrogens is 1600 g/mol. The summed E-state index contributed by atoms with van der Waals surface area (Å²) in [4.78, 5) is 157. The lowest BCUT2D eigenvalue weighted by Gasteiger charge is -2.16. The average Bonchev–Trinajstić information content (AvgIpc) is 0.853. The van der Waals surface area contributed by atoms with Crippen molar-refractivity contribution in [1.82, 2.24) is 51.8 Å². The lowest BCUT2D eigenvalue weighted by Crippen LogP contribution is -3.00. The van der Waals surface area contributed by atoms with E-state index >= 15 is 0 Å². The van der Waals surface area contributed by atoms with Gasteiger partial charge < -0.3 is 105 Å². The Morgan fingerprint density at radius 1 is 0.364 bits per heavy atom. The Bertz CT molecular complexity index is 4540. The van der Waals surface area contributed by atoms with Gasteiger partial charge in [0.1, 0.15) is 13.2 Å². The van der Waals surface area contributed by atoms with Crippen molar-refractivity contribution in [1.29, 1.82) is 0 Å². The minimum Gasteiger partial charge on any atom is -1.00 e. The maximum atomic E-state index is 12.9. The zero-order chi connectivity index (χ0) is 84.4. The molecule has 6 aromatic heterocycles. The predicted molar refractivity (Wildman–Crippen MR) is 413 cm³/mol. The summed E-state index contributed by atoms with van der Waals surface area (Å²) in [7, 11) is 3.51. The Morgan fingerprint density at radius 2 is 0.636 bits per heavy atom. The van der Waals surface area contributed by atoms with E-state index in [4.69, 9.17) is 45.5 Å². The van der Waals surface area contributed by atoms with E-state index in [-0.39, 0.29) is 91.3 Å². The molecule has 0 spiro atoms. The summed E-state index contributed by atoms with van der Waals surface area (Å²) in [5.41, 5.74) is 4.96. The normalized spacial score (nSPS) is 11.5. The van der Waals surface area contributed by atoms with Crippen LogP contribution in [0.5, 0.6) is 0 Å². The summed E-state index contributed by atoms with van der Waals surface area (Å²) in [6.45, 7) is 4.13. The van der Waals surface area contributed by atoms with Gasteiger partial charge in [-0.3, -0.25) is 34.3 Å². The number of nitrogens with zero attached hydrogens (tertiary/aromatic N) is 6. The number of pyridine rings is 6. The smallest absolute Gasteiger partial charge is 0.412 e. The van der Waals surface area contributed by atoms with Gasteiger partial charge in [-0.05, 0) is 105 Å². The lowest BCUT2D eigenvalue weighted by atomic mass is 10.1. The first-order valence-corrected chi connectivity index (χ1v) is 35.9. The first-order chi connectivity index (χ1) is 55.9. The van der Waals surface area contributed by atoms with Crippen LogP contribution in [0.3, 0.4) is 0 Å². The van der Waals surface area contributed by atoms with Crippen LogP contribution < -0.4 is 65.8 Å². The highest BCUT2D eigenvalue weighted by Gasteiger charge is 2.28. The van der Waals surface area contributed by atoms with E-state index in [9.17, 15) is 57.5 Å². The van der Waals surface area contributed by atoms with Crippen LogP contribution in [-0.2, 0) is 85.0 Å². The Morgan fingerprint density at radius 3 is 0.932 bits per heavy atom. The molecule has 0 radical (unpaired) electrons. The Hall–Kier alpha value is -13.6. The lowest BCUT2D eigenvalue weighted by molar-refractivity contribution is -0.727. The summed E-state index contributed by atoms with van der Waals surface area (Å²) in [6, 6.07) is 43.4. The van der Waals surface area contributed by atoms with E-state index < -0.39 is 103 Å². The summed E-state index contributed by atoms with van der Waals surface area (Å²) in [5.74, 6) is -6.12. The highest BCUT2D eigenvalue weighted by atomic mass is 35.5. The number of halogens is 3. The number of hydrogen-bond donors (Lipinski definition) is 8. The van der Waals surface area contributed by atoms with Crippen molar-refractivity contribution < 1.29 is 140 Å². The third-order valence-electron chi connectivity index (χ3n) is 15.4. The minimum absolute atomic E-state index is 0. The highest BCUT2D eigenvalue weighted by molar-refractivity contribution is 6.17. The second kappa shape index (κ2) is 55.8. The molecule has 0 aliphatic rings. The molecule has 37 heteroatoms. The van der Waals surface area contributed by atoms with Crippen molar-refractivity contribution in [3.63, 3.8) is 0 Å². The molecule has 0 fully saturated rings. The van der Waals surface area contributed by atoms with Crippen LogP contribution in [0.25, 0.3) is 0 Å². The number of alkyl halides is 1. The van der Waals surface area contributed by atoms with Crippen molar-refractivity contribution in [2.45, 2.75) is 89.7 Å². The monoisotopic (exact) mass is 1690 g/mol. The topological polar surface area (TPSA) is 451 Å². The molecule has 8 N–H and O–H groups in total. The number of carbonyl (C=O) groups is 12. The Balaban J connectivity index is 0.000000445. The number of aliphatic hydroxyl groups is 1. The molecular formula is C81H89Cl3N12O22. The van der Waals surface area contributed by atoms with Gasteiger partial charge in [-0.25, -0.2) is 43.2 Å². The highest BCUT2D eigenvalue weighted by Crippen LogP contribution is 2.10. The molecule has 0 bridgehead atoms.